The van der Waals surface area contributed by atoms with E-state index in [9.17, 15) is 4.79 Å². The van der Waals surface area contributed by atoms with Crippen molar-refractivity contribution in [3.05, 3.63) is 12.2 Å². The van der Waals surface area contributed by atoms with Gasteiger partial charge < -0.3 is 4.74 Å². The van der Waals surface area contributed by atoms with E-state index in [0.717, 1.165) is 0 Å². The minimum Gasteiger partial charge on any atom is -0.464 e. The van der Waals surface area contributed by atoms with Crippen LogP contribution in [0.5, 0.6) is 0 Å². The molecule has 12 heavy (non-hydrogen) atoms. The molecule has 66 valence electrons. The Kier molecular flexibility index (Phi) is 2.87. The van der Waals surface area contributed by atoms with E-state index in [1.54, 1.807) is 25.3 Å². The van der Waals surface area contributed by atoms with Crippen LogP contribution in [0, 0.1) is 0 Å². The first-order chi connectivity index (χ1) is 5.69. The van der Waals surface area contributed by atoms with Crippen molar-refractivity contribution in [2.75, 3.05) is 13.2 Å². The number of alkyl halides is 1. The summed E-state index contributed by atoms with van der Waals surface area (Å²) in [6.45, 7) is 2.34. The highest BCUT2D eigenvalue weighted by molar-refractivity contribution is 6.36. The molecular weight excluding hydrogens is 178 g/mol. The van der Waals surface area contributed by atoms with Gasteiger partial charge in [0.1, 0.15) is 0 Å². The predicted molar refractivity (Wildman–Crippen MR) is 47.7 cm³/mol. The van der Waals surface area contributed by atoms with E-state index in [-0.39, 0.29) is 6.54 Å². The number of halogens is 1. The van der Waals surface area contributed by atoms with Crippen LogP contribution in [-0.2, 0) is 9.53 Å². The lowest BCUT2D eigenvalue weighted by atomic mass is 10.1. The molecule has 1 aliphatic rings. The Morgan fingerprint density at radius 2 is 2.58 bits per heavy atom. The van der Waals surface area contributed by atoms with E-state index in [0.29, 0.717) is 6.61 Å². The zero-order chi connectivity index (χ0) is 9.03. The Morgan fingerprint density at radius 3 is 3.08 bits per heavy atom. The lowest BCUT2D eigenvalue weighted by molar-refractivity contribution is -0.144. The fourth-order valence-corrected chi connectivity index (χ4v) is 1.07. The minimum atomic E-state index is -1.08. The number of rotatable bonds is 2. The summed E-state index contributed by atoms with van der Waals surface area (Å²) in [6, 6.07) is 0. The van der Waals surface area contributed by atoms with Crippen LogP contribution in [0.2, 0.25) is 0 Å². The summed E-state index contributed by atoms with van der Waals surface area (Å²) < 4.78 is 4.79. The van der Waals surface area contributed by atoms with Crippen LogP contribution >= 0.6 is 11.6 Å². The summed E-state index contributed by atoms with van der Waals surface area (Å²) in [6.07, 6.45) is 4.85. The number of allylic oxidation sites excluding steroid dienone is 1. The van der Waals surface area contributed by atoms with Gasteiger partial charge in [-0.25, -0.2) is 4.79 Å². The van der Waals surface area contributed by atoms with Crippen molar-refractivity contribution in [1.29, 1.82) is 0 Å². The molecule has 0 amide bonds. The van der Waals surface area contributed by atoms with Gasteiger partial charge in [0.25, 0.3) is 0 Å². The largest absolute Gasteiger partial charge is 0.464 e. The number of esters is 1. The number of aliphatic imine (C=N–C) groups is 1. The average molecular weight is 188 g/mol. The van der Waals surface area contributed by atoms with Gasteiger partial charge >= 0.3 is 5.97 Å². The van der Waals surface area contributed by atoms with Crippen molar-refractivity contribution in [2.24, 2.45) is 4.99 Å². The number of hydrogen-bond acceptors (Lipinski definition) is 3. The van der Waals surface area contributed by atoms with E-state index < -0.39 is 10.8 Å². The summed E-state index contributed by atoms with van der Waals surface area (Å²) in [4.78, 5) is 14.1. The number of carbonyl (C=O) groups excluding carboxylic acids is 1. The van der Waals surface area contributed by atoms with Gasteiger partial charge in [-0.3, -0.25) is 4.99 Å². The van der Waals surface area contributed by atoms with Crippen LogP contribution in [0.3, 0.4) is 0 Å². The Morgan fingerprint density at radius 1 is 1.83 bits per heavy atom. The third kappa shape index (κ3) is 1.85. The molecule has 0 radical (unpaired) electrons. The summed E-state index contributed by atoms with van der Waals surface area (Å²) in [7, 11) is 0. The molecule has 0 spiro atoms. The molecule has 0 aliphatic carbocycles. The van der Waals surface area contributed by atoms with Crippen LogP contribution in [-0.4, -0.2) is 30.2 Å². The van der Waals surface area contributed by atoms with Crippen LogP contribution < -0.4 is 0 Å². The van der Waals surface area contributed by atoms with Crippen LogP contribution in [0.25, 0.3) is 0 Å². The van der Waals surface area contributed by atoms with Crippen molar-refractivity contribution in [3.63, 3.8) is 0 Å². The predicted octanol–water partition coefficient (Wildman–Crippen LogP) is 1.17. The lowest BCUT2D eigenvalue weighted by Crippen LogP contribution is -2.36. The summed E-state index contributed by atoms with van der Waals surface area (Å²) in [5, 5.41) is 0. The molecule has 1 aliphatic heterocycles. The van der Waals surface area contributed by atoms with Gasteiger partial charge in [-0.1, -0.05) is 11.6 Å². The molecule has 0 aromatic rings. The van der Waals surface area contributed by atoms with Gasteiger partial charge in [0.15, 0.2) is 4.87 Å². The molecule has 1 atom stereocenters. The summed E-state index contributed by atoms with van der Waals surface area (Å²) in [5.74, 6) is -0.431. The second-order valence-corrected chi connectivity index (χ2v) is 3.11. The van der Waals surface area contributed by atoms with Gasteiger partial charge in [-0.2, -0.15) is 0 Å². The molecule has 1 heterocycles. The van der Waals surface area contributed by atoms with E-state index in [2.05, 4.69) is 4.99 Å². The van der Waals surface area contributed by atoms with E-state index >= 15 is 0 Å². The smallest absolute Gasteiger partial charge is 0.333 e. The van der Waals surface area contributed by atoms with Gasteiger partial charge in [-0.05, 0) is 19.1 Å². The standard InChI is InChI=1S/C8H10ClNO2/c1-2-12-7(11)8(9)4-3-5-10-6-8/h3-5H,2,6H2,1H3. The normalized spacial score (nSPS) is 27.2. The number of ether oxygens (including phenoxy) is 1. The number of carbonyl (C=O) groups is 1. The molecule has 3 nitrogen and oxygen atoms in total. The summed E-state index contributed by atoms with van der Waals surface area (Å²) in [5.41, 5.74) is 0. The second-order valence-electron chi connectivity index (χ2n) is 2.43. The Labute approximate surface area is 76.1 Å². The van der Waals surface area contributed by atoms with E-state index in [1.165, 1.54) is 0 Å². The number of hydrogen-bond donors (Lipinski definition) is 0. The quantitative estimate of drug-likeness (QED) is 0.481. The first kappa shape index (κ1) is 9.26. The molecule has 0 saturated heterocycles. The molecule has 0 fully saturated rings. The van der Waals surface area contributed by atoms with Crippen molar-refractivity contribution in [3.8, 4) is 0 Å². The first-order valence-corrected chi connectivity index (χ1v) is 4.10. The second kappa shape index (κ2) is 3.72. The van der Waals surface area contributed by atoms with E-state index in [4.69, 9.17) is 16.3 Å². The molecular formula is C8H10ClNO2. The molecule has 0 bridgehead atoms. The lowest BCUT2D eigenvalue weighted by Gasteiger charge is -2.20. The monoisotopic (exact) mass is 187 g/mol. The minimum absolute atomic E-state index is 0.254. The SMILES string of the molecule is CCOC(=O)C1(Cl)C=CC=NC1. The highest BCUT2D eigenvalue weighted by atomic mass is 35.5. The third-order valence-corrected chi connectivity index (χ3v) is 1.89. The van der Waals surface area contributed by atoms with E-state index in [1.807, 2.05) is 0 Å². The Hall–Kier alpha value is -0.830. The fourth-order valence-electron chi connectivity index (χ4n) is 0.878. The van der Waals surface area contributed by atoms with Gasteiger partial charge in [0.05, 0.1) is 13.2 Å². The average Bonchev–Trinajstić information content (AvgIpc) is 2.06. The zero-order valence-electron chi connectivity index (χ0n) is 6.79. The van der Waals surface area contributed by atoms with Crippen LogP contribution in [0.15, 0.2) is 17.1 Å². The van der Waals surface area contributed by atoms with Gasteiger partial charge in [-0.15, -0.1) is 0 Å². The molecule has 0 saturated carbocycles. The van der Waals surface area contributed by atoms with Gasteiger partial charge in [0, 0.05) is 6.21 Å². The van der Waals surface area contributed by atoms with Crippen molar-refractivity contribution in [2.45, 2.75) is 11.8 Å². The molecule has 4 heteroatoms. The highest BCUT2D eigenvalue weighted by Crippen LogP contribution is 2.21. The van der Waals surface area contributed by atoms with Crippen molar-refractivity contribution >= 4 is 23.8 Å². The molecule has 1 rings (SSSR count). The molecule has 0 N–H and O–H groups in total. The van der Waals surface area contributed by atoms with Crippen molar-refractivity contribution in [1.82, 2.24) is 0 Å². The third-order valence-electron chi connectivity index (χ3n) is 1.49. The first-order valence-electron chi connectivity index (χ1n) is 3.73. The summed E-state index contributed by atoms with van der Waals surface area (Å²) >= 11 is 5.93. The zero-order valence-corrected chi connectivity index (χ0v) is 7.54. The van der Waals surface area contributed by atoms with Crippen LogP contribution in [0.1, 0.15) is 6.92 Å². The molecule has 1 unspecified atom stereocenters. The van der Waals surface area contributed by atoms with Gasteiger partial charge in [0.2, 0.25) is 0 Å². The Bertz CT molecular complexity index is 237. The highest BCUT2D eigenvalue weighted by Gasteiger charge is 2.35. The fraction of sp³-hybridized carbons (Fsp3) is 0.500. The molecule has 0 aromatic carbocycles. The maximum atomic E-state index is 11.2. The maximum absolute atomic E-state index is 11.2. The topological polar surface area (TPSA) is 38.7 Å². The maximum Gasteiger partial charge on any atom is 0.333 e. The number of dihydropyridines is 1. The van der Waals surface area contributed by atoms with Crippen molar-refractivity contribution < 1.29 is 9.53 Å². The molecule has 0 aromatic heterocycles. The number of nitrogens with zero attached hydrogens (tertiary/aromatic N) is 1. The van der Waals surface area contributed by atoms with Crippen LogP contribution in [0.4, 0.5) is 0 Å². The Balaban J connectivity index is 2.65.